The van der Waals surface area contributed by atoms with Gasteiger partial charge in [0.15, 0.2) is 8.32 Å². The minimum absolute atomic E-state index is 0.0300. The van der Waals surface area contributed by atoms with Crippen molar-refractivity contribution >= 4 is 18.3 Å². The number of nitrogens with zero attached hydrogens (tertiary/aromatic N) is 1. The molecule has 3 atom stereocenters. The van der Waals surface area contributed by atoms with Crippen molar-refractivity contribution in [2.75, 3.05) is 19.4 Å². The molecule has 0 radical (unpaired) electrons. The lowest BCUT2D eigenvalue weighted by Crippen LogP contribution is -2.55. The Morgan fingerprint density at radius 2 is 1.89 bits per heavy atom. The SMILES string of the molecule is CO[C@H]1/C=C/CCCCS(=O)(=O)N2CC(C)=C[C@@H]2[C@@H]1O[Si](C)(C)C(C)(C)C. The topological polar surface area (TPSA) is 55.8 Å². The van der Waals surface area contributed by atoms with Crippen LogP contribution in [0.3, 0.4) is 0 Å². The van der Waals surface area contributed by atoms with Crippen molar-refractivity contribution in [3.63, 3.8) is 0 Å². The Labute approximate surface area is 167 Å². The number of rotatable bonds is 3. The molecule has 0 aromatic heterocycles. The molecule has 2 rings (SSSR count). The molecular weight excluding hydrogens is 378 g/mol. The summed E-state index contributed by atoms with van der Waals surface area (Å²) in [6, 6.07) is -0.322. The van der Waals surface area contributed by atoms with Gasteiger partial charge in [0.2, 0.25) is 10.0 Å². The first-order chi connectivity index (χ1) is 12.4. The minimum atomic E-state index is -3.33. The van der Waals surface area contributed by atoms with E-state index in [0.29, 0.717) is 13.0 Å². The lowest BCUT2D eigenvalue weighted by molar-refractivity contribution is 0.00231. The van der Waals surface area contributed by atoms with Crippen molar-refractivity contribution in [2.45, 2.75) is 83.3 Å². The van der Waals surface area contributed by atoms with Crippen LogP contribution >= 0.6 is 0 Å². The second-order valence-electron chi connectivity index (χ2n) is 9.33. The molecule has 5 nitrogen and oxygen atoms in total. The zero-order valence-corrected chi connectivity index (χ0v) is 19.8. The third-order valence-corrected chi connectivity index (χ3v) is 12.4. The van der Waals surface area contributed by atoms with Gasteiger partial charge in [0, 0.05) is 13.7 Å². The molecule has 0 aromatic rings. The number of fused-ring (bicyclic) bond motifs is 1. The fourth-order valence-electron chi connectivity index (χ4n) is 3.39. The summed E-state index contributed by atoms with van der Waals surface area (Å²) in [4.78, 5) is 0. The fourth-order valence-corrected chi connectivity index (χ4v) is 6.45. The van der Waals surface area contributed by atoms with Crippen LogP contribution in [0.4, 0.5) is 0 Å². The molecule has 2 heterocycles. The summed E-state index contributed by atoms with van der Waals surface area (Å²) >= 11 is 0. The monoisotopic (exact) mass is 415 g/mol. The quantitative estimate of drug-likeness (QED) is 0.514. The van der Waals surface area contributed by atoms with Gasteiger partial charge in [0.25, 0.3) is 0 Å². The lowest BCUT2D eigenvalue weighted by Gasteiger charge is -2.43. The van der Waals surface area contributed by atoms with E-state index in [4.69, 9.17) is 9.16 Å². The molecule has 27 heavy (non-hydrogen) atoms. The van der Waals surface area contributed by atoms with E-state index in [2.05, 4.69) is 52.1 Å². The highest BCUT2D eigenvalue weighted by molar-refractivity contribution is 7.89. The molecule has 0 bridgehead atoms. The van der Waals surface area contributed by atoms with Crippen molar-refractivity contribution < 1.29 is 17.6 Å². The van der Waals surface area contributed by atoms with Gasteiger partial charge in [-0.2, -0.15) is 4.31 Å². The van der Waals surface area contributed by atoms with Crippen LogP contribution in [0.15, 0.2) is 23.8 Å². The maximum Gasteiger partial charge on any atom is 0.215 e. The molecule has 0 amide bonds. The molecule has 2 aliphatic rings. The van der Waals surface area contributed by atoms with Crippen LogP contribution in [0.2, 0.25) is 18.1 Å². The largest absolute Gasteiger partial charge is 0.409 e. The third kappa shape index (κ3) is 5.32. The Kier molecular flexibility index (Phi) is 7.17. The second-order valence-corrected chi connectivity index (χ2v) is 16.1. The van der Waals surface area contributed by atoms with Crippen molar-refractivity contribution in [3.8, 4) is 0 Å². The first-order valence-corrected chi connectivity index (χ1v) is 14.4. The summed E-state index contributed by atoms with van der Waals surface area (Å²) < 4.78 is 40.3. The lowest BCUT2D eigenvalue weighted by atomic mass is 10.0. The predicted molar refractivity (Wildman–Crippen MR) is 114 cm³/mol. The Bertz CT molecular complexity index is 679. The zero-order chi connectivity index (χ0) is 20.5. The Morgan fingerprint density at radius 3 is 2.48 bits per heavy atom. The van der Waals surface area contributed by atoms with E-state index in [1.807, 2.05) is 6.92 Å². The fraction of sp³-hybridized carbons (Fsp3) is 0.800. The van der Waals surface area contributed by atoms with Crippen molar-refractivity contribution in [1.82, 2.24) is 4.31 Å². The third-order valence-electron chi connectivity index (χ3n) is 6.07. The Morgan fingerprint density at radius 1 is 1.22 bits per heavy atom. The Balaban J connectivity index is 2.50. The van der Waals surface area contributed by atoms with Gasteiger partial charge in [-0.05, 0) is 44.3 Å². The maximum atomic E-state index is 13.0. The molecule has 0 saturated heterocycles. The first kappa shape index (κ1) is 22.8. The first-order valence-electron chi connectivity index (χ1n) is 9.93. The van der Waals surface area contributed by atoms with Gasteiger partial charge in [-0.1, -0.05) is 44.6 Å². The van der Waals surface area contributed by atoms with Crippen LogP contribution < -0.4 is 0 Å². The molecule has 0 saturated carbocycles. The molecule has 7 heteroatoms. The van der Waals surface area contributed by atoms with Gasteiger partial charge in [-0.25, -0.2) is 8.42 Å². The van der Waals surface area contributed by atoms with Gasteiger partial charge in [-0.3, -0.25) is 0 Å². The number of sulfonamides is 1. The van der Waals surface area contributed by atoms with Crippen LogP contribution in [-0.4, -0.2) is 58.7 Å². The molecular formula is C20H37NO4SSi. The molecule has 156 valence electrons. The van der Waals surface area contributed by atoms with E-state index in [-0.39, 0.29) is 29.0 Å². The van der Waals surface area contributed by atoms with E-state index in [9.17, 15) is 8.42 Å². The van der Waals surface area contributed by atoms with Crippen molar-refractivity contribution in [3.05, 3.63) is 23.8 Å². The summed E-state index contributed by atoms with van der Waals surface area (Å²) in [5.41, 5.74) is 1.07. The number of hydrogen-bond acceptors (Lipinski definition) is 4. The van der Waals surface area contributed by atoms with Gasteiger partial charge >= 0.3 is 0 Å². The highest BCUT2D eigenvalue weighted by Gasteiger charge is 2.46. The second kappa shape index (κ2) is 8.49. The van der Waals surface area contributed by atoms with E-state index in [1.165, 1.54) is 0 Å². The van der Waals surface area contributed by atoms with Gasteiger partial charge in [0.05, 0.1) is 17.9 Å². The molecule has 0 N–H and O–H groups in total. The van der Waals surface area contributed by atoms with Crippen LogP contribution in [0.1, 0.15) is 47.0 Å². The molecule has 0 fully saturated rings. The van der Waals surface area contributed by atoms with Crippen molar-refractivity contribution in [2.24, 2.45) is 0 Å². The highest BCUT2D eigenvalue weighted by atomic mass is 32.2. The average molecular weight is 416 g/mol. The summed E-state index contributed by atoms with van der Waals surface area (Å²) in [6.07, 6.45) is 8.03. The number of allylic oxidation sites excluding steroid dienone is 1. The number of methoxy groups -OCH3 is 1. The average Bonchev–Trinajstić information content (AvgIpc) is 2.93. The van der Waals surface area contributed by atoms with Crippen LogP contribution in [0.5, 0.6) is 0 Å². The summed E-state index contributed by atoms with van der Waals surface area (Å²) in [5, 5.41) is 0.0300. The van der Waals surface area contributed by atoms with Gasteiger partial charge < -0.3 is 9.16 Å². The van der Waals surface area contributed by atoms with E-state index >= 15 is 0 Å². The van der Waals surface area contributed by atoms with Crippen LogP contribution in [-0.2, 0) is 19.2 Å². The normalized spacial score (nSPS) is 31.7. The summed E-state index contributed by atoms with van der Waals surface area (Å²) in [5.74, 6) is 0.197. The van der Waals surface area contributed by atoms with Gasteiger partial charge in [-0.15, -0.1) is 0 Å². The van der Waals surface area contributed by atoms with E-state index < -0.39 is 18.3 Å². The standard InChI is InChI=1S/C20H37NO4SSi/c1-16-14-17-19(25-27(6,7)20(2,3)4)18(24-5)12-10-8-9-11-13-26(22,23)21(17)15-16/h10,12,14,17-19H,8-9,11,13,15H2,1-7H3/b12-10+/t17-,18+,19+/m1/s1. The minimum Gasteiger partial charge on any atom is -0.409 e. The van der Waals surface area contributed by atoms with E-state index in [1.54, 1.807) is 11.4 Å². The van der Waals surface area contributed by atoms with E-state index in [0.717, 1.165) is 18.4 Å². The number of hydrogen-bond donors (Lipinski definition) is 0. The van der Waals surface area contributed by atoms with Crippen LogP contribution in [0, 0.1) is 0 Å². The summed E-state index contributed by atoms with van der Waals surface area (Å²) in [7, 11) is -3.77. The molecule has 0 aliphatic carbocycles. The number of ether oxygens (including phenoxy) is 1. The molecule has 0 spiro atoms. The molecule has 0 aromatic carbocycles. The van der Waals surface area contributed by atoms with Gasteiger partial charge in [0.1, 0.15) is 6.10 Å². The van der Waals surface area contributed by atoms with Crippen molar-refractivity contribution in [1.29, 1.82) is 0 Å². The molecule has 2 aliphatic heterocycles. The molecule has 0 unspecified atom stereocenters. The summed E-state index contributed by atoms with van der Waals surface area (Å²) in [6.45, 7) is 13.5. The Hall–Kier alpha value is -0.473. The highest BCUT2D eigenvalue weighted by Crippen LogP contribution is 2.40. The maximum absolute atomic E-state index is 13.0. The smallest absolute Gasteiger partial charge is 0.215 e. The zero-order valence-electron chi connectivity index (χ0n) is 18.0. The predicted octanol–water partition coefficient (Wildman–Crippen LogP) is 4.09. The van der Waals surface area contributed by atoms with Crippen LogP contribution in [0.25, 0.3) is 0 Å².